The first-order chi connectivity index (χ1) is 8.19. The molecular weight excluding hydrogens is 234 g/mol. The maximum absolute atomic E-state index is 12.0. The monoisotopic (exact) mass is 257 g/mol. The molecule has 0 N–H and O–H groups in total. The minimum Gasteiger partial charge on any atom is -0.444 e. The smallest absolute Gasteiger partial charge is 0.413 e. The summed E-state index contributed by atoms with van der Waals surface area (Å²) in [4.78, 5) is 24.8. The Morgan fingerprint density at radius 3 is 2.61 bits per heavy atom. The molecule has 0 unspecified atom stereocenters. The molecule has 1 amide bonds. The number of rotatable bonds is 2. The highest BCUT2D eigenvalue weighted by molar-refractivity contribution is 5.75. The molecular formula is C13H23NO4. The van der Waals surface area contributed by atoms with Crippen LogP contribution in [-0.2, 0) is 14.3 Å². The summed E-state index contributed by atoms with van der Waals surface area (Å²) < 4.78 is 10.2. The topological polar surface area (TPSA) is 55.8 Å². The van der Waals surface area contributed by atoms with Crippen LogP contribution in [0.25, 0.3) is 0 Å². The highest BCUT2D eigenvalue weighted by Gasteiger charge is 2.34. The van der Waals surface area contributed by atoms with Gasteiger partial charge in [0.25, 0.3) is 0 Å². The minimum atomic E-state index is -0.541. The largest absolute Gasteiger partial charge is 0.444 e. The van der Waals surface area contributed by atoms with Gasteiger partial charge in [-0.05, 0) is 33.1 Å². The Hall–Kier alpha value is -1.26. The third kappa shape index (κ3) is 4.55. The van der Waals surface area contributed by atoms with Gasteiger partial charge in [-0.15, -0.1) is 0 Å². The van der Waals surface area contributed by atoms with Gasteiger partial charge in [0.2, 0.25) is 0 Å². The molecule has 0 bridgehead atoms. The number of hydrogen-bond donors (Lipinski definition) is 0. The molecule has 0 aromatic rings. The molecule has 1 aliphatic heterocycles. The molecule has 0 spiro atoms. The van der Waals surface area contributed by atoms with Crippen LogP contribution in [0, 0.1) is 5.92 Å². The van der Waals surface area contributed by atoms with Crippen molar-refractivity contribution in [2.75, 3.05) is 6.73 Å². The van der Waals surface area contributed by atoms with Gasteiger partial charge in [0, 0.05) is 6.04 Å². The minimum absolute atomic E-state index is 0.00880. The average Bonchev–Trinajstić information content (AvgIpc) is 2.13. The average molecular weight is 257 g/mol. The lowest BCUT2D eigenvalue weighted by molar-refractivity contribution is -0.158. The Bertz CT molecular complexity index is 319. The van der Waals surface area contributed by atoms with Crippen molar-refractivity contribution in [2.24, 2.45) is 5.92 Å². The predicted octanol–water partition coefficient (Wildman–Crippen LogP) is 2.54. The van der Waals surface area contributed by atoms with E-state index in [4.69, 9.17) is 9.47 Å². The van der Waals surface area contributed by atoms with Crippen molar-refractivity contribution < 1.29 is 19.1 Å². The summed E-state index contributed by atoms with van der Waals surface area (Å²) in [6.45, 7) is 9.57. The Morgan fingerprint density at radius 1 is 1.50 bits per heavy atom. The fourth-order valence-electron chi connectivity index (χ4n) is 1.89. The van der Waals surface area contributed by atoms with E-state index in [9.17, 15) is 9.59 Å². The number of carbonyl (C=O) groups excluding carboxylic acids is 2. The zero-order valence-electron chi connectivity index (χ0n) is 11.9. The Kier molecular flexibility index (Phi) is 4.59. The lowest BCUT2D eigenvalue weighted by Gasteiger charge is -2.36. The fourth-order valence-corrected chi connectivity index (χ4v) is 1.89. The van der Waals surface area contributed by atoms with Crippen LogP contribution in [0.2, 0.25) is 0 Å². The standard InChI is InChI=1S/C13H23NO4/c1-9(2)6-10-7-11(15)17-8-14(10)12(16)18-13(3,4)5/h9-10H,6-8H2,1-5H3/t10-/m0/s1. The molecule has 1 saturated heterocycles. The van der Waals surface area contributed by atoms with Crippen molar-refractivity contribution in [2.45, 2.75) is 59.1 Å². The third-order valence-corrected chi connectivity index (χ3v) is 2.58. The van der Waals surface area contributed by atoms with E-state index in [-0.39, 0.29) is 25.2 Å². The number of nitrogens with zero attached hydrogens (tertiary/aromatic N) is 1. The summed E-state index contributed by atoms with van der Waals surface area (Å²) in [5.74, 6) is 0.159. The lowest BCUT2D eigenvalue weighted by Crippen LogP contribution is -2.49. The van der Waals surface area contributed by atoms with Gasteiger partial charge in [0.1, 0.15) is 5.60 Å². The third-order valence-electron chi connectivity index (χ3n) is 2.58. The van der Waals surface area contributed by atoms with E-state index in [1.807, 2.05) is 20.8 Å². The number of cyclic esters (lactones) is 1. The van der Waals surface area contributed by atoms with Crippen LogP contribution in [0.15, 0.2) is 0 Å². The molecule has 0 saturated carbocycles. The molecule has 5 nitrogen and oxygen atoms in total. The number of hydrogen-bond acceptors (Lipinski definition) is 4. The molecule has 0 aliphatic carbocycles. The fraction of sp³-hybridized carbons (Fsp3) is 0.846. The second-order valence-corrected chi connectivity index (χ2v) is 6.08. The Labute approximate surface area is 108 Å². The van der Waals surface area contributed by atoms with Gasteiger partial charge in [-0.1, -0.05) is 13.8 Å². The first-order valence-corrected chi connectivity index (χ1v) is 6.34. The van der Waals surface area contributed by atoms with Crippen LogP contribution in [0.4, 0.5) is 4.79 Å². The highest BCUT2D eigenvalue weighted by Crippen LogP contribution is 2.22. The van der Waals surface area contributed by atoms with Gasteiger partial charge in [0.05, 0.1) is 6.42 Å². The van der Waals surface area contributed by atoms with E-state index in [2.05, 4.69) is 13.8 Å². The summed E-state index contributed by atoms with van der Waals surface area (Å²) in [5, 5.41) is 0. The predicted molar refractivity (Wildman–Crippen MR) is 66.9 cm³/mol. The molecule has 0 aromatic carbocycles. The lowest BCUT2D eigenvalue weighted by atomic mass is 9.99. The number of esters is 1. The van der Waals surface area contributed by atoms with Crippen LogP contribution in [-0.4, -0.2) is 35.3 Å². The van der Waals surface area contributed by atoms with Crippen molar-refractivity contribution in [3.8, 4) is 0 Å². The molecule has 1 rings (SSSR count). The number of ether oxygens (including phenoxy) is 2. The summed E-state index contributed by atoms with van der Waals surface area (Å²) in [6, 6.07) is -0.124. The van der Waals surface area contributed by atoms with E-state index in [0.717, 1.165) is 6.42 Å². The van der Waals surface area contributed by atoms with Crippen LogP contribution in [0.3, 0.4) is 0 Å². The van der Waals surface area contributed by atoms with Crippen LogP contribution in [0.5, 0.6) is 0 Å². The van der Waals surface area contributed by atoms with E-state index in [1.165, 1.54) is 4.90 Å². The van der Waals surface area contributed by atoms with Crippen molar-refractivity contribution in [3.63, 3.8) is 0 Å². The molecule has 0 aromatic heterocycles. The van der Waals surface area contributed by atoms with Gasteiger partial charge in [-0.2, -0.15) is 0 Å². The molecule has 0 radical (unpaired) electrons. The maximum Gasteiger partial charge on any atom is 0.413 e. The first-order valence-electron chi connectivity index (χ1n) is 6.34. The molecule has 5 heteroatoms. The van der Waals surface area contributed by atoms with Gasteiger partial charge in [0.15, 0.2) is 6.73 Å². The van der Waals surface area contributed by atoms with Crippen LogP contribution in [0.1, 0.15) is 47.5 Å². The molecule has 1 heterocycles. The van der Waals surface area contributed by atoms with Crippen molar-refractivity contribution in [1.29, 1.82) is 0 Å². The van der Waals surface area contributed by atoms with Gasteiger partial charge in [-0.25, -0.2) is 4.79 Å². The van der Waals surface area contributed by atoms with Crippen molar-refractivity contribution in [3.05, 3.63) is 0 Å². The van der Waals surface area contributed by atoms with Crippen molar-refractivity contribution in [1.82, 2.24) is 4.90 Å². The zero-order chi connectivity index (χ0) is 13.9. The highest BCUT2D eigenvalue weighted by atomic mass is 16.6. The number of carbonyl (C=O) groups is 2. The summed E-state index contributed by atoms with van der Waals surface area (Å²) in [7, 11) is 0. The van der Waals surface area contributed by atoms with Gasteiger partial charge in [-0.3, -0.25) is 9.69 Å². The van der Waals surface area contributed by atoms with Crippen LogP contribution >= 0.6 is 0 Å². The van der Waals surface area contributed by atoms with E-state index in [1.54, 1.807) is 0 Å². The molecule has 18 heavy (non-hydrogen) atoms. The van der Waals surface area contributed by atoms with Gasteiger partial charge >= 0.3 is 12.1 Å². The first kappa shape index (κ1) is 14.8. The van der Waals surface area contributed by atoms with Crippen molar-refractivity contribution >= 4 is 12.1 Å². The second kappa shape index (κ2) is 5.59. The summed E-state index contributed by atoms with van der Waals surface area (Å²) in [6.07, 6.45) is 0.604. The van der Waals surface area contributed by atoms with E-state index >= 15 is 0 Å². The number of amides is 1. The Balaban J connectivity index is 2.70. The molecule has 1 atom stereocenters. The molecule has 104 valence electrons. The maximum atomic E-state index is 12.0. The zero-order valence-corrected chi connectivity index (χ0v) is 11.9. The summed E-state index contributed by atoms with van der Waals surface area (Å²) in [5.41, 5.74) is -0.541. The summed E-state index contributed by atoms with van der Waals surface area (Å²) >= 11 is 0. The molecule has 1 aliphatic rings. The van der Waals surface area contributed by atoms with Gasteiger partial charge < -0.3 is 9.47 Å². The van der Waals surface area contributed by atoms with E-state index < -0.39 is 11.7 Å². The quantitative estimate of drug-likeness (QED) is 0.713. The van der Waals surface area contributed by atoms with E-state index in [0.29, 0.717) is 5.92 Å². The normalized spacial score (nSPS) is 20.9. The SMILES string of the molecule is CC(C)C[C@H]1CC(=O)OCN1C(=O)OC(C)(C)C. The molecule has 1 fully saturated rings. The van der Waals surface area contributed by atoms with Crippen LogP contribution < -0.4 is 0 Å². The Morgan fingerprint density at radius 2 is 2.11 bits per heavy atom. The second-order valence-electron chi connectivity index (χ2n) is 6.08.